The van der Waals surface area contributed by atoms with Gasteiger partial charge < -0.3 is 5.73 Å². The molecular formula is C12H10ClF4N3. The van der Waals surface area contributed by atoms with Gasteiger partial charge in [-0.15, -0.1) is 0 Å². The number of nitrogens with two attached hydrogens (primary N) is 1. The molecule has 2 N–H and O–H groups in total. The Balaban J connectivity index is 2.38. The van der Waals surface area contributed by atoms with Crippen molar-refractivity contribution in [2.24, 2.45) is 12.8 Å². The van der Waals surface area contributed by atoms with Crippen LogP contribution in [0, 0.1) is 5.82 Å². The number of hydrogen-bond donors (Lipinski definition) is 1. The van der Waals surface area contributed by atoms with E-state index >= 15 is 0 Å². The van der Waals surface area contributed by atoms with E-state index in [4.69, 9.17) is 17.3 Å². The summed E-state index contributed by atoms with van der Waals surface area (Å²) in [6.07, 6.45) is -4.51. The van der Waals surface area contributed by atoms with E-state index in [-0.39, 0.29) is 10.7 Å². The summed E-state index contributed by atoms with van der Waals surface area (Å²) in [6.45, 7) is 0. The van der Waals surface area contributed by atoms with Crippen LogP contribution in [0.1, 0.15) is 23.0 Å². The van der Waals surface area contributed by atoms with Crippen molar-refractivity contribution < 1.29 is 17.6 Å². The molecule has 20 heavy (non-hydrogen) atoms. The molecule has 0 aliphatic carbocycles. The van der Waals surface area contributed by atoms with Crippen LogP contribution in [0.5, 0.6) is 0 Å². The van der Waals surface area contributed by atoms with Crippen LogP contribution in [-0.2, 0) is 13.2 Å². The molecular weight excluding hydrogens is 298 g/mol. The molecule has 2 aromatic rings. The zero-order valence-electron chi connectivity index (χ0n) is 10.2. The normalized spacial score (nSPS) is 13.6. The fraction of sp³-hybridized carbons (Fsp3) is 0.250. The minimum Gasteiger partial charge on any atom is -0.319 e. The van der Waals surface area contributed by atoms with E-state index in [9.17, 15) is 17.6 Å². The summed E-state index contributed by atoms with van der Waals surface area (Å²) in [4.78, 5) is 0. The third-order valence-electron chi connectivity index (χ3n) is 2.81. The highest BCUT2D eigenvalue weighted by atomic mass is 35.5. The molecule has 1 aromatic heterocycles. The number of rotatable bonds is 2. The second kappa shape index (κ2) is 5.06. The Bertz CT molecular complexity index is 636. The van der Waals surface area contributed by atoms with Gasteiger partial charge in [0.2, 0.25) is 0 Å². The number of benzene rings is 1. The molecule has 0 radical (unpaired) electrons. The predicted octanol–water partition coefficient (Wildman–Crippen LogP) is 3.28. The van der Waals surface area contributed by atoms with Gasteiger partial charge in [-0.05, 0) is 23.8 Å². The van der Waals surface area contributed by atoms with E-state index in [1.54, 1.807) is 0 Å². The van der Waals surface area contributed by atoms with E-state index in [1.807, 2.05) is 0 Å². The SMILES string of the molecule is Cn1nc(C(N)c2ccc(F)c(Cl)c2)cc1C(F)(F)F. The first-order valence-corrected chi connectivity index (χ1v) is 5.89. The monoisotopic (exact) mass is 307 g/mol. The average Bonchev–Trinajstić information content (AvgIpc) is 2.74. The topological polar surface area (TPSA) is 43.8 Å². The zero-order valence-corrected chi connectivity index (χ0v) is 11.0. The maximum atomic E-state index is 13.0. The second-order valence-corrected chi connectivity index (χ2v) is 4.63. The summed E-state index contributed by atoms with van der Waals surface area (Å²) in [5.74, 6) is -0.625. The lowest BCUT2D eigenvalue weighted by atomic mass is 10.0. The van der Waals surface area contributed by atoms with Gasteiger partial charge in [0.15, 0.2) is 0 Å². The van der Waals surface area contributed by atoms with E-state index in [0.717, 1.165) is 12.1 Å². The highest BCUT2D eigenvalue weighted by Gasteiger charge is 2.35. The Labute approximate surface area is 116 Å². The van der Waals surface area contributed by atoms with Crippen LogP contribution in [0.4, 0.5) is 17.6 Å². The van der Waals surface area contributed by atoms with Crippen LogP contribution >= 0.6 is 11.6 Å². The zero-order chi connectivity index (χ0) is 15.1. The van der Waals surface area contributed by atoms with E-state index < -0.39 is 23.7 Å². The number of alkyl halides is 3. The fourth-order valence-electron chi connectivity index (χ4n) is 1.78. The van der Waals surface area contributed by atoms with Gasteiger partial charge >= 0.3 is 6.18 Å². The van der Waals surface area contributed by atoms with Crippen LogP contribution in [0.3, 0.4) is 0 Å². The molecule has 0 aliphatic heterocycles. The average molecular weight is 308 g/mol. The van der Waals surface area contributed by atoms with Gasteiger partial charge in [-0.2, -0.15) is 18.3 Å². The highest BCUT2D eigenvalue weighted by molar-refractivity contribution is 6.30. The van der Waals surface area contributed by atoms with Crippen molar-refractivity contribution in [3.05, 3.63) is 52.1 Å². The predicted molar refractivity (Wildman–Crippen MR) is 65.7 cm³/mol. The first-order chi connectivity index (χ1) is 9.20. The Morgan fingerprint density at radius 2 is 1.95 bits per heavy atom. The molecule has 3 nitrogen and oxygen atoms in total. The maximum absolute atomic E-state index is 13.0. The van der Waals surface area contributed by atoms with Crippen LogP contribution in [0.25, 0.3) is 0 Å². The number of aryl methyl sites for hydroxylation is 1. The summed E-state index contributed by atoms with van der Waals surface area (Å²) in [5, 5.41) is 3.59. The lowest BCUT2D eigenvalue weighted by molar-refractivity contribution is -0.143. The third kappa shape index (κ3) is 2.78. The van der Waals surface area contributed by atoms with Crippen molar-refractivity contribution in [1.29, 1.82) is 0 Å². The van der Waals surface area contributed by atoms with Crippen molar-refractivity contribution >= 4 is 11.6 Å². The lowest BCUT2D eigenvalue weighted by Crippen LogP contribution is -2.13. The Hall–Kier alpha value is -1.60. The van der Waals surface area contributed by atoms with Crippen molar-refractivity contribution in [1.82, 2.24) is 9.78 Å². The number of nitrogens with zero attached hydrogens (tertiary/aromatic N) is 2. The Morgan fingerprint density at radius 3 is 2.45 bits per heavy atom. The Kier molecular flexibility index (Phi) is 3.75. The smallest absolute Gasteiger partial charge is 0.319 e. The molecule has 2 rings (SSSR count). The molecule has 0 amide bonds. The number of aromatic nitrogens is 2. The van der Waals surface area contributed by atoms with Crippen molar-refractivity contribution in [2.75, 3.05) is 0 Å². The minimum atomic E-state index is -4.51. The van der Waals surface area contributed by atoms with Gasteiger partial charge in [-0.25, -0.2) is 4.39 Å². The fourth-order valence-corrected chi connectivity index (χ4v) is 1.97. The summed E-state index contributed by atoms with van der Waals surface area (Å²) in [6, 6.07) is 3.67. The van der Waals surface area contributed by atoms with Gasteiger partial charge in [0, 0.05) is 7.05 Å². The van der Waals surface area contributed by atoms with E-state index in [0.29, 0.717) is 10.2 Å². The largest absolute Gasteiger partial charge is 0.433 e. The first-order valence-electron chi connectivity index (χ1n) is 5.52. The first kappa shape index (κ1) is 14.8. The Morgan fingerprint density at radius 1 is 1.30 bits per heavy atom. The maximum Gasteiger partial charge on any atom is 0.433 e. The van der Waals surface area contributed by atoms with Gasteiger partial charge in [0.25, 0.3) is 0 Å². The van der Waals surface area contributed by atoms with Crippen molar-refractivity contribution in [3.8, 4) is 0 Å². The highest BCUT2D eigenvalue weighted by Crippen LogP contribution is 2.31. The molecule has 1 atom stereocenters. The molecule has 108 valence electrons. The van der Waals surface area contributed by atoms with Gasteiger partial charge in [0.1, 0.15) is 11.5 Å². The molecule has 0 spiro atoms. The molecule has 0 saturated carbocycles. The molecule has 0 aliphatic rings. The van der Waals surface area contributed by atoms with Crippen molar-refractivity contribution in [2.45, 2.75) is 12.2 Å². The second-order valence-electron chi connectivity index (χ2n) is 4.23. The number of halogens is 5. The van der Waals surface area contributed by atoms with Crippen molar-refractivity contribution in [3.63, 3.8) is 0 Å². The quantitative estimate of drug-likeness (QED) is 0.865. The molecule has 0 bridgehead atoms. The van der Waals surface area contributed by atoms with Crippen LogP contribution in [-0.4, -0.2) is 9.78 Å². The molecule has 1 heterocycles. The van der Waals surface area contributed by atoms with E-state index in [2.05, 4.69) is 5.10 Å². The van der Waals surface area contributed by atoms with Gasteiger partial charge in [-0.1, -0.05) is 17.7 Å². The minimum absolute atomic E-state index is 0.0301. The van der Waals surface area contributed by atoms with Crippen LogP contribution < -0.4 is 5.73 Å². The van der Waals surface area contributed by atoms with Gasteiger partial charge in [0.05, 0.1) is 16.8 Å². The summed E-state index contributed by atoms with van der Waals surface area (Å²) in [7, 11) is 1.18. The third-order valence-corrected chi connectivity index (χ3v) is 3.10. The summed E-state index contributed by atoms with van der Waals surface area (Å²) < 4.78 is 51.8. The molecule has 8 heteroatoms. The lowest BCUT2D eigenvalue weighted by Gasteiger charge is -2.09. The molecule has 0 fully saturated rings. The standard InChI is InChI=1S/C12H10ClF4N3/c1-20-10(12(15,16)17)5-9(19-20)11(18)6-2-3-8(14)7(13)4-6/h2-5,11H,18H2,1H3. The molecule has 1 unspecified atom stereocenters. The van der Waals surface area contributed by atoms with Crippen LogP contribution in [0.2, 0.25) is 5.02 Å². The number of hydrogen-bond acceptors (Lipinski definition) is 2. The van der Waals surface area contributed by atoms with Gasteiger partial charge in [-0.3, -0.25) is 4.68 Å². The molecule has 1 aromatic carbocycles. The summed E-state index contributed by atoms with van der Waals surface area (Å²) in [5.41, 5.74) is 5.34. The van der Waals surface area contributed by atoms with E-state index in [1.165, 1.54) is 19.2 Å². The molecule has 0 saturated heterocycles. The van der Waals surface area contributed by atoms with Crippen LogP contribution in [0.15, 0.2) is 24.3 Å². The summed E-state index contributed by atoms with van der Waals surface area (Å²) >= 11 is 5.62.